The van der Waals surface area contributed by atoms with Crippen LogP contribution in [0.25, 0.3) is 0 Å². The predicted molar refractivity (Wildman–Crippen MR) is 68.2 cm³/mol. The normalized spacial score (nSPS) is 14.6. The summed E-state index contributed by atoms with van der Waals surface area (Å²) in [5.74, 6) is 5.61. The van der Waals surface area contributed by atoms with Crippen LogP contribution >= 0.6 is 11.3 Å². The molecule has 1 aliphatic heterocycles. The zero-order valence-electron chi connectivity index (χ0n) is 9.82. The highest BCUT2D eigenvalue weighted by atomic mass is 32.1. The molecule has 1 N–H and O–H groups in total. The average Bonchev–Trinajstić information content (AvgIpc) is 2.95. The first kappa shape index (κ1) is 12.2. The van der Waals surface area contributed by atoms with E-state index >= 15 is 0 Å². The van der Waals surface area contributed by atoms with E-state index in [0.29, 0.717) is 0 Å². The van der Waals surface area contributed by atoms with E-state index < -0.39 is 0 Å². The number of hydrogen-bond acceptors (Lipinski definition) is 3. The monoisotopic (exact) mass is 249 g/mol. The maximum atomic E-state index is 12.1. The summed E-state index contributed by atoms with van der Waals surface area (Å²) in [6.07, 6.45) is 2.21. The minimum absolute atomic E-state index is 0.118. The lowest BCUT2D eigenvalue weighted by Gasteiger charge is -2.13. The summed E-state index contributed by atoms with van der Waals surface area (Å²) >= 11 is 1.42. The van der Waals surface area contributed by atoms with Gasteiger partial charge in [-0.05, 0) is 31.4 Å². The molecule has 1 saturated heterocycles. The molecular formula is C13H15NO2S. The number of aliphatic hydroxyl groups is 1. The van der Waals surface area contributed by atoms with Crippen molar-refractivity contribution < 1.29 is 9.90 Å². The first-order valence-electron chi connectivity index (χ1n) is 5.72. The number of hydrogen-bond donors (Lipinski definition) is 1. The fourth-order valence-corrected chi connectivity index (χ4v) is 2.92. The fourth-order valence-electron chi connectivity index (χ4n) is 1.91. The van der Waals surface area contributed by atoms with Crippen LogP contribution in [0.4, 0.5) is 0 Å². The molecule has 4 heteroatoms. The zero-order valence-corrected chi connectivity index (χ0v) is 10.6. The van der Waals surface area contributed by atoms with Gasteiger partial charge < -0.3 is 10.0 Å². The second kappa shape index (κ2) is 5.35. The molecule has 0 unspecified atom stereocenters. The largest absolute Gasteiger partial charge is 0.384 e. The van der Waals surface area contributed by atoms with Crippen molar-refractivity contribution in [3.63, 3.8) is 0 Å². The third kappa shape index (κ3) is 2.68. The molecule has 0 aliphatic carbocycles. The van der Waals surface area contributed by atoms with Gasteiger partial charge in [0.2, 0.25) is 0 Å². The quantitative estimate of drug-likeness (QED) is 0.769. The number of likely N-dealkylation sites (tertiary alicyclic amines) is 1. The number of carbonyl (C=O) groups excluding carboxylic acids is 1. The van der Waals surface area contributed by atoms with E-state index in [1.807, 2.05) is 17.9 Å². The molecule has 1 aromatic heterocycles. The zero-order chi connectivity index (χ0) is 12.3. The van der Waals surface area contributed by atoms with Gasteiger partial charge >= 0.3 is 0 Å². The number of aryl methyl sites for hydroxylation is 1. The van der Waals surface area contributed by atoms with Gasteiger partial charge in [-0.25, -0.2) is 0 Å². The van der Waals surface area contributed by atoms with E-state index in [1.165, 1.54) is 11.3 Å². The standard InChI is InChI=1S/C13H15NO2S/c1-10-9-12(17-11(10)5-4-8-15)13(16)14-6-2-3-7-14/h9,15H,2-3,6-8H2,1H3. The molecule has 1 aromatic rings. The molecule has 0 spiro atoms. The molecule has 1 amide bonds. The van der Waals surface area contributed by atoms with Crippen molar-refractivity contribution in [2.45, 2.75) is 19.8 Å². The van der Waals surface area contributed by atoms with Crippen LogP contribution < -0.4 is 0 Å². The number of amides is 1. The Morgan fingerprint density at radius 3 is 2.88 bits per heavy atom. The molecule has 0 bridgehead atoms. The van der Waals surface area contributed by atoms with Crippen LogP contribution in [0.15, 0.2) is 6.07 Å². The highest BCUT2D eigenvalue weighted by Gasteiger charge is 2.21. The smallest absolute Gasteiger partial charge is 0.263 e. The average molecular weight is 249 g/mol. The van der Waals surface area contributed by atoms with Crippen LogP contribution in [0, 0.1) is 18.8 Å². The molecule has 2 rings (SSSR count). The SMILES string of the molecule is Cc1cc(C(=O)N2CCCC2)sc1C#CCO. The maximum Gasteiger partial charge on any atom is 0.263 e. The molecule has 0 atom stereocenters. The Morgan fingerprint density at radius 2 is 2.24 bits per heavy atom. The van der Waals surface area contributed by atoms with E-state index in [0.717, 1.165) is 41.2 Å². The van der Waals surface area contributed by atoms with Gasteiger partial charge in [0.25, 0.3) is 5.91 Å². The second-order valence-corrected chi connectivity index (χ2v) is 5.13. The van der Waals surface area contributed by atoms with Gasteiger partial charge in [-0.2, -0.15) is 0 Å². The first-order valence-corrected chi connectivity index (χ1v) is 6.53. The summed E-state index contributed by atoms with van der Waals surface area (Å²) < 4.78 is 0. The Hall–Kier alpha value is -1.31. The minimum atomic E-state index is -0.146. The lowest BCUT2D eigenvalue weighted by atomic mass is 10.2. The van der Waals surface area contributed by atoms with Crippen molar-refractivity contribution in [1.82, 2.24) is 4.90 Å². The lowest BCUT2D eigenvalue weighted by Crippen LogP contribution is -2.26. The molecule has 17 heavy (non-hydrogen) atoms. The number of aliphatic hydroxyl groups excluding tert-OH is 1. The molecule has 0 aromatic carbocycles. The van der Waals surface area contributed by atoms with Gasteiger partial charge in [0, 0.05) is 13.1 Å². The molecule has 90 valence electrons. The Kier molecular flexibility index (Phi) is 3.82. The number of rotatable bonds is 1. The van der Waals surface area contributed by atoms with Crippen molar-refractivity contribution in [2.75, 3.05) is 19.7 Å². The second-order valence-electron chi connectivity index (χ2n) is 4.08. The molecule has 3 nitrogen and oxygen atoms in total. The highest BCUT2D eigenvalue weighted by Crippen LogP contribution is 2.23. The molecule has 2 heterocycles. The predicted octanol–water partition coefficient (Wildman–Crippen LogP) is 1.64. The third-order valence-electron chi connectivity index (χ3n) is 2.80. The summed E-state index contributed by atoms with van der Waals surface area (Å²) in [5.41, 5.74) is 1.01. The van der Waals surface area contributed by atoms with Crippen molar-refractivity contribution in [3.05, 3.63) is 21.4 Å². The van der Waals surface area contributed by atoms with Gasteiger partial charge in [0.15, 0.2) is 0 Å². The molecule has 1 fully saturated rings. The van der Waals surface area contributed by atoms with Crippen LogP contribution in [-0.2, 0) is 0 Å². The maximum absolute atomic E-state index is 12.1. The topological polar surface area (TPSA) is 40.5 Å². The highest BCUT2D eigenvalue weighted by molar-refractivity contribution is 7.14. The minimum Gasteiger partial charge on any atom is -0.384 e. The van der Waals surface area contributed by atoms with Crippen LogP contribution in [-0.4, -0.2) is 35.6 Å². The van der Waals surface area contributed by atoms with Crippen molar-refractivity contribution in [2.24, 2.45) is 0 Å². The lowest BCUT2D eigenvalue weighted by molar-refractivity contribution is 0.0797. The summed E-state index contributed by atoms with van der Waals surface area (Å²) in [4.78, 5) is 15.7. The summed E-state index contributed by atoms with van der Waals surface area (Å²) in [7, 11) is 0. The summed E-state index contributed by atoms with van der Waals surface area (Å²) in [5, 5.41) is 8.66. The number of nitrogens with zero attached hydrogens (tertiary/aromatic N) is 1. The first-order chi connectivity index (χ1) is 8.22. The van der Waals surface area contributed by atoms with Crippen LogP contribution in [0.2, 0.25) is 0 Å². The van der Waals surface area contributed by atoms with E-state index in [-0.39, 0.29) is 12.5 Å². The van der Waals surface area contributed by atoms with Crippen LogP contribution in [0.1, 0.15) is 33.0 Å². The van der Waals surface area contributed by atoms with Gasteiger partial charge in [-0.15, -0.1) is 11.3 Å². The molecular weight excluding hydrogens is 234 g/mol. The van der Waals surface area contributed by atoms with Crippen molar-refractivity contribution in [1.29, 1.82) is 0 Å². The fraction of sp³-hybridized carbons (Fsp3) is 0.462. The number of thiophene rings is 1. The third-order valence-corrected chi connectivity index (χ3v) is 3.94. The van der Waals surface area contributed by atoms with Gasteiger partial charge in [0.1, 0.15) is 6.61 Å². The van der Waals surface area contributed by atoms with Crippen molar-refractivity contribution in [3.8, 4) is 11.8 Å². The van der Waals surface area contributed by atoms with Gasteiger partial charge in [0.05, 0.1) is 9.75 Å². The summed E-state index contributed by atoms with van der Waals surface area (Å²) in [6, 6.07) is 1.90. The van der Waals surface area contributed by atoms with E-state index in [2.05, 4.69) is 11.8 Å². The summed E-state index contributed by atoms with van der Waals surface area (Å²) in [6.45, 7) is 3.53. The molecule has 0 radical (unpaired) electrons. The Morgan fingerprint density at radius 1 is 1.53 bits per heavy atom. The Balaban J connectivity index is 2.18. The van der Waals surface area contributed by atoms with E-state index in [1.54, 1.807) is 0 Å². The van der Waals surface area contributed by atoms with Crippen LogP contribution in [0.5, 0.6) is 0 Å². The van der Waals surface area contributed by atoms with E-state index in [4.69, 9.17) is 5.11 Å². The number of carbonyl (C=O) groups is 1. The Labute approximate surface area is 105 Å². The van der Waals surface area contributed by atoms with Gasteiger partial charge in [-0.1, -0.05) is 11.8 Å². The van der Waals surface area contributed by atoms with Crippen LogP contribution in [0.3, 0.4) is 0 Å². The van der Waals surface area contributed by atoms with Gasteiger partial charge in [-0.3, -0.25) is 4.79 Å². The Bertz CT molecular complexity index is 475. The molecule has 0 saturated carbocycles. The van der Waals surface area contributed by atoms with E-state index in [9.17, 15) is 4.79 Å². The molecule has 1 aliphatic rings. The van der Waals surface area contributed by atoms with Crippen molar-refractivity contribution >= 4 is 17.2 Å².